The molecule has 0 aromatic heterocycles. The van der Waals surface area contributed by atoms with Crippen LogP contribution >= 0.6 is 15.9 Å². The van der Waals surface area contributed by atoms with Crippen LogP contribution < -0.4 is 14.8 Å². The highest BCUT2D eigenvalue weighted by Crippen LogP contribution is 2.32. The van der Waals surface area contributed by atoms with Crippen LogP contribution in [-0.2, 0) is 15.9 Å². The molecule has 1 amide bonds. The molecule has 1 N–H and O–H groups in total. The largest absolute Gasteiger partial charge is 0.496 e. The van der Waals surface area contributed by atoms with E-state index in [0.29, 0.717) is 32.8 Å². The highest BCUT2D eigenvalue weighted by atomic mass is 79.9. The van der Waals surface area contributed by atoms with Gasteiger partial charge in [0.25, 0.3) is 0 Å². The van der Waals surface area contributed by atoms with Crippen molar-refractivity contribution in [2.24, 2.45) is 0 Å². The first-order valence-electron chi connectivity index (χ1n) is 8.25. The molecule has 1 saturated heterocycles. The Kier molecular flexibility index (Phi) is 8.30. The molecule has 0 unspecified atom stereocenters. The number of carbonyl (C=O) groups is 1. The maximum atomic E-state index is 11.8. The molecule has 1 fully saturated rings. The van der Waals surface area contributed by atoms with Crippen molar-refractivity contribution >= 4 is 22.0 Å². The summed E-state index contributed by atoms with van der Waals surface area (Å²) in [5.74, 6) is 1.47. The monoisotopic (exact) mass is 416 g/mol. The zero-order valence-electron chi connectivity index (χ0n) is 14.7. The maximum Gasteiger partial charge on any atom is 0.407 e. The SMILES string of the molecule is COc1cc(CCNC(=O)OCCN2CCCOC2)c(OC)cc1Br. The molecule has 1 aliphatic rings. The number of hydrogen-bond donors (Lipinski definition) is 1. The van der Waals surface area contributed by atoms with Gasteiger partial charge in [-0.1, -0.05) is 0 Å². The van der Waals surface area contributed by atoms with E-state index in [4.69, 9.17) is 18.9 Å². The number of halogens is 1. The molecule has 0 aliphatic carbocycles. The second kappa shape index (κ2) is 10.5. The van der Waals surface area contributed by atoms with Crippen LogP contribution in [-0.4, -0.2) is 64.8 Å². The summed E-state index contributed by atoms with van der Waals surface area (Å²) in [4.78, 5) is 13.9. The Morgan fingerprint density at radius 1 is 1.32 bits per heavy atom. The van der Waals surface area contributed by atoms with E-state index in [-0.39, 0.29) is 0 Å². The van der Waals surface area contributed by atoms with Crippen molar-refractivity contribution in [1.29, 1.82) is 0 Å². The molecular weight excluding hydrogens is 392 g/mol. The zero-order chi connectivity index (χ0) is 18.1. The third-order valence-electron chi connectivity index (χ3n) is 3.90. The van der Waals surface area contributed by atoms with Gasteiger partial charge in [0.15, 0.2) is 0 Å². The lowest BCUT2D eigenvalue weighted by molar-refractivity contribution is -0.0208. The number of alkyl carbamates (subject to hydrolysis) is 1. The summed E-state index contributed by atoms with van der Waals surface area (Å²) in [5, 5.41) is 2.75. The fourth-order valence-electron chi connectivity index (χ4n) is 2.56. The Morgan fingerprint density at radius 3 is 2.80 bits per heavy atom. The molecule has 8 heteroatoms. The van der Waals surface area contributed by atoms with Crippen molar-refractivity contribution < 1.29 is 23.7 Å². The predicted molar refractivity (Wildman–Crippen MR) is 97.3 cm³/mol. The Labute approximate surface area is 156 Å². The topological polar surface area (TPSA) is 69.3 Å². The molecule has 140 valence electrons. The second-order valence-corrected chi connectivity index (χ2v) is 6.47. The molecule has 25 heavy (non-hydrogen) atoms. The first-order chi connectivity index (χ1) is 12.1. The Hall–Kier alpha value is -1.51. The number of nitrogens with zero attached hydrogens (tertiary/aromatic N) is 1. The van der Waals surface area contributed by atoms with Gasteiger partial charge in [0.2, 0.25) is 0 Å². The Balaban J connectivity index is 1.71. The van der Waals surface area contributed by atoms with E-state index in [1.807, 2.05) is 12.1 Å². The van der Waals surface area contributed by atoms with Crippen molar-refractivity contribution in [3.8, 4) is 11.5 Å². The number of rotatable bonds is 8. The minimum Gasteiger partial charge on any atom is -0.496 e. The third kappa shape index (κ3) is 6.37. The van der Waals surface area contributed by atoms with E-state index in [1.165, 1.54) is 0 Å². The molecule has 1 aromatic carbocycles. The molecule has 1 heterocycles. The van der Waals surface area contributed by atoms with Gasteiger partial charge >= 0.3 is 6.09 Å². The van der Waals surface area contributed by atoms with Gasteiger partial charge in [-0.3, -0.25) is 4.90 Å². The molecule has 0 radical (unpaired) electrons. The van der Waals surface area contributed by atoms with Crippen LogP contribution in [0.4, 0.5) is 4.79 Å². The van der Waals surface area contributed by atoms with Gasteiger partial charge in [-0.05, 0) is 46.5 Å². The van der Waals surface area contributed by atoms with Crippen molar-refractivity contribution in [2.75, 3.05) is 53.8 Å². The molecule has 2 rings (SSSR count). The Bertz CT molecular complexity index is 564. The van der Waals surface area contributed by atoms with Gasteiger partial charge in [-0.2, -0.15) is 0 Å². The first-order valence-corrected chi connectivity index (χ1v) is 9.04. The van der Waals surface area contributed by atoms with Crippen LogP contribution in [0.5, 0.6) is 11.5 Å². The van der Waals surface area contributed by atoms with Gasteiger partial charge in [0, 0.05) is 26.2 Å². The summed E-state index contributed by atoms with van der Waals surface area (Å²) >= 11 is 3.43. The predicted octanol–water partition coefficient (Wildman–Crippen LogP) is 2.41. The van der Waals surface area contributed by atoms with Crippen molar-refractivity contribution in [3.05, 3.63) is 22.2 Å². The molecule has 1 aromatic rings. The van der Waals surface area contributed by atoms with E-state index < -0.39 is 6.09 Å². The minimum atomic E-state index is -0.416. The van der Waals surface area contributed by atoms with Gasteiger partial charge in [-0.15, -0.1) is 0 Å². The molecule has 7 nitrogen and oxygen atoms in total. The summed E-state index contributed by atoms with van der Waals surface area (Å²) in [6.07, 6.45) is 1.22. The van der Waals surface area contributed by atoms with Gasteiger partial charge in [0.05, 0.1) is 25.4 Å². The standard InChI is InChI=1S/C17H25BrN2O5/c1-22-15-11-14(18)16(23-2)10-13(15)4-5-19-17(21)25-9-7-20-6-3-8-24-12-20/h10-11H,3-9,12H2,1-2H3,(H,19,21). The number of amides is 1. The van der Waals surface area contributed by atoms with Crippen molar-refractivity contribution in [2.45, 2.75) is 12.8 Å². The molecule has 0 saturated carbocycles. The summed E-state index contributed by atoms with van der Waals surface area (Å²) in [7, 11) is 3.23. The first kappa shape index (κ1) is 19.8. The molecule has 0 atom stereocenters. The number of hydrogen-bond acceptors (Lipinski definition) is 6. The number of ether oxygens (including phenoxy) is 4. The van der Waals surface area contributed by atoms with Gasteiger partial charge in [0.1, 0.15) is 18.1 Å². The fourth-order valence-corrected chi connectivity index (χ4v) is 3.05. The third-order valence-corrected chi connectivity index (χ3v) is 4.52. The molecule has 0 spiro atoms. The summed E-state index contributed by atoms with van der Waals surface area (Å²) in [6.45, 7) is 3.89. The average Bonchev–Trinajstić information content (AvgIpc) is 2.63. The van der Waals surface area contributed by atoms with Gasteiger partial charge < -0.3 is 24.3 Å². The summed E-state index contributed by atoms with van der Waals surface area (Å²) < 4.78 is 22.0. The van der Waals surface area contributed by atoms with Crippen molar-refractivity contribution in [1.82, 2.24) is 10.2 Å². The smallest absolute Gasteiger partial charge is 0.407 e. The lowest BCUT2D eigenvalue weighted by Gasteiger charge is -2.26. The number of carbonyl (C=O) groups excluding carboxylic acids is 1. The van der Waals surface area contributed by atoms with Crippen LogP contribution in [0.2, 0.25) is 0 Å². The van der Waals surface area contributed by atoms with E-state index in [1.54, 1.807) is 14.2 Å². The van der Waals surface area contributed by atoms with Crippen LogP contribution in [0.15, 0.2) is 16.6 Å². The summed E-state index contributed by atoms with van der Waals surface area (Å²) in [6, 6.07) is 3.75. The lowest BCUT2D eigenvalue weighted by atomic mass is 10.1. The summed E-state index contributed by atoms with van der Waals surface area (Å²) in [5.41, 5.74) is 0.952. The van der Waals surface area contributed by atoms with E-state index in [0.717, 1.165) is 41.1 Å². The van der Waals surface area contributed by atoms with E-state index >= 15 is 0 Å². The van der Waals surface area contributed by atoms with Crippen LogP contribution in [0.1, 0.15) is 12.0 Å². The average molecular weight is 417 g/mol. The van der Waals surface area contributed by atoms with E-state index in [9.17, 15) is 4.79 Å². The quantitative estimate of drug-likeness (QED) is 0.701. The molecule has 0 bridgehead atoms. The second-order valence-electron chi connectivity index (χ2n) is 5.62. The van der Waals surface area contributed by atoms with E-state index in [2.05, 4.69) is 26.1 Å². The van der Waals surface area contributed by atoms with Gasteiger partial charge in [-0.25, -0.2) is 4.79 Å². The number of benzene rings is 1. The number of methoxy groups -OCH3 is 2. The van der Waals surface area contributed by atoms with Crippen LogP contribution in [0.25, 0.3) is 0 Å². The minimum absolute atomic E-state index is 0.352. The number of nitrogens with one attached hydrogen (secondary N) is 1. The van der Waals surface area contributed by atoms with Crippen molar-refractivity contribution in [3.63, 3.8) is 0 Å². The van der Waals surface area contributed by atoms with Crippen LogP contribution in [0.3, 0.4) is 0 Å². The fraction of sp³-hybridized carbons (Fsp3) is 0.588. The highest BCUT2D eigenvalue weighted by molar-refractivity contribution is 9.10. The lowest BCUT2D eigenvalue weighted by Crippen LogP contribution is -2.37. The van der Waals surface area contributed by atoms with Crippen LogP contribution in [0, 0.1) is 0 Å². The molecular formula is C17H25BrN2O5. The highest BCUT2D eigenvalue weighted by Gasteiger charge is 2.12. The maximum absolute atomic E-state index is 11.8. The normalized spacial score (nSPS) is 14.8. The zero-order valence-corrected chi connectivity index (χ0v) is 16.3. The Morgan fingerprint density at radius 2 is 2.12 bits per heavy atom. The molecule has 1 aliphatic heterocycles.